The minimum Gasteiger partial charge on any atom is -0.426 e. The van der Waals surface area contributed by atoms with Crippen molar-refractivity contribution >= 4 is 17.2 Å². The summed E-state index contributed by atoms with van der Waals surface area (Å²) < 4.78 is 42.3. The molecule has 0 aliphatic rings. The third-order valence-corrected chi connectivity index (χ3v) is 20.6. The number of rotatable bonds is 60. The normalized spacial score (nSPS) is 14.7. The molecule has 2 aromatic rings. The maximum absolute atomic E-state index is 7.70. The third kappa shape index (κ3) is 40.6. The Kier molecular flexibility index (Phi) is 50.1. The van der Waals surface area contributed by atoms with Crippen LogP contribution in [0.3, 0.4) is 0 Å². The summed E-state index contributed by atoms with van der Waals surface area (Å²) >= 11 is 0. The summed E-state index contributed by atoms with van der Waals surface area (Å²) in [5, 5.41) is 0. The molecule has 0 aromatic heterocycles. The second kappa shape index (κ2) is 53.3. The Labute approximate surface area is 539 Å². The summed E-state index contributed by atoms with van der Waals surface area (Å²) in [6.07, 6.45) is 55.6. The fourth-order valence-electron chi connectivity index (χ4n) is 12.8. The summed E-state index contributed by atoms with van der Waals surface area (Å²) in [5.41, 5.74) is 2.25. The topological polar surface area (TPSA) is 55.4 Å². The van der Waals surface area contributed by atoms with Gasteiger partial charge in [-0.3, -0.25) is 4.52 Å². The number of hydrogen-bond donors (Lipinski definition) is 0. The Morgan fingerprint density at radius 3 is 1.07 bits per heavy atom. The largest absolute Gasteiger partial charge is 0.426 e. The van der Waals surface area contributed by atoms with Crippen LogP contribution >= 0.6 is 17.2 Å². The quantitative estimate of drug-likeness (QED) is 0.0486. The van der Waals surface area contributed by atoms with Crippen LogP contribution < -0.4 is 9.05 Å². The molecule has 2 rings (SSSR count). The maximum Gasteiger partial charge on any atom is 0.397 e. The van der Waals surface area contributed by atoms with Gasteiger partial charge in [0.2, 0.25) is 0 Å². The molecule has 0 radical (unpaired) electrons. The maximum atomic E-state index is 7.70. The lowest BCUT2D eigenvalue weighted by molar-refractivity contribution is 0.0268. The smallest absolute Gasteiger partial charge is 0.397 e. The average molecular weight is 1240 g/mol. The number of para-hydroxylation sites is 2. The zero-order chi connectivity index (χ0) is 62.8. The van der Waals surface area contributed by atoms with E-state index in [0.717, 1.165) is 50.0 Å². The van der Waals surface area contributed by atoms with Gasteiger partial charge in [0.1, 0.15) is 11.5 Å². The van der Waals surface area contributed by atoms with E-state index in [-0.39, 0.29) is 16.9 Å². The molecular formula is C78H144O6P2. The number of unbranched alkanes of at least 4 members (excludes halogenated alkanes) is 33. The van der Waals surface area contributed by atoms with Gasteiger partial charge >= 0.3 is 17.2 Å². The van der Waals surface area contributed by atoms with Gasteiger partial charge in [0, 0.05) is 0 Å². The highest BCUT2D eigenvalue weighted by Gasteiger charge is 2.37. The number of hydrogen-bond acceptors (Lipinski definition) is 6. The van der Waals surface area contributed by atoms with E-state index in [9.17, 15) is 0 Å². The molecule has 0 N–H and O–H groups in total. The van der Waals surface area contributed by atoms with E-state index in [1.165, 1.54) is 249 Å². The lowest BCUT2D eigenvalue weighted by Gasteiger charge is -2.39. The van der Waals surface area contributed by atoms with Crippen LogP contribution in [-0.2, 0) is 28.9 Å². The fourth-order valence-corrected chi connectivity index (χ4v) is 15.1. The molecule has 0 heterocycles. The summed E-state index contributed by atoms with van der Waals surface area (Å²) in [6, 6.07) is 17.2. The Hall–Kier alpha value is -1.26. The molecule has 0 fully saturated rings. The van der Waals surface area contributed by atoms with E-state index in [1.807, 2.05) is 0 Å². The zero-order valence-electron chi connectivity index (χ0n) is 59.4. The van der Waals surface area contributed by atoms with Crippen molar-refractivity contribution in [1.82, 2.24) is 0 Å². The summed E-state index contributed by atoms with van der Waals surface area (Å²) in [5.74, 6) is 3.57. The molecule has 0 bridgehead atoms. The molecule has 0 aliphatic carbocycles. The van der Waals surface area contributed by atoms with Gasteiger partial charge in [-0.2, -0.15) is 0 Å². The minimum absolute atomic E-state index is 0.0191. The van der Waals surface area contributed by atoms with Gasteiger partial charge in [-0.15, -0.1) is 0 Å². The van der Waals surface area contributed by atoms with Crippen molar-refractivity contribution in [2.75, 3.05) is 19.8 Å². The van der Waals surface area contributed by atoms with Crippen LogP contribution in [0.15, 0.2) is 48.5 Å². The molecule has 502 valence electrons. The molecule has 0 spiro atoms. The van der Waals surface area contributed by atoms with Crippen molar-refractivity contribution in [3.05, 3.63) is 59.7 Å². The first-order valence-corrected chi connectivity index (χ1v) is 39.6. The summed E-state index contributed by atoms with van der Waals surface area (Å²) in [4.78, 5) is 0. The number of benzene rings is 2. The van der Waals surface area contributed by atoms with Gasteiger partial charge in [0.25, 0.3) is 0 Å². The standard InChI is InChI=1S/C78H144O6P2/c1-14-19-23-27-31-34-36-38-42-46-54-64-79-85(82-74-61-52-50-59-72(74)77(8,9)10)81-66-63-69(7)70(58-49-45-40-30-26-22-17-4)71(56-18-5)76(67-68(6)57-48-44-41-33-29-25-21-16-3)84-86(83-75-62-53-51-60-73(75)78(11,12)13)80-65-55-47-43-39-37-35-32-28-24-20-15-2/h50-53,59-62,68-71,76H,14-49,54-58,63-67H2,1-13H3. The molecule has 7 unspecified atom stereocenters. The summed E-state index contributed by atoms with van der Waals surface area (Å²) in [6.45, 7) is 32.3. The Balaban J connectivity index is 2.50. The second-order valence-corrected chi connectivity index (χ2v) is 31.0. The van der Waals surface area contributed by atoms with Crippen LogP contribution in [0.2, 0.25) is 0 Å². The van der Waals surface area contributed by atoms with Gasteiger partial charge in [-0.1, -0.05) is 364 Å². The molecule has 7 atom stereocenters. The molecule has 86 heavy (non-hydrogen) atoms. The highest BCUT2D eigenvalue weighted by atomic mass is 31.2. The van der Waals surface area contributed by atoms with Crippen molar-refractivity contribution < 1.29 is 27.1 Å². The van der Waals surface area contributed by atoms with Crippen LogP contribution in [0.4, 0.5) is 0 Å². The van der Waals surface area contributed by atoms with Crippen LogP contribution in [0.25, 0.3) is 0 Å². The fraction of sp³-hybridized carbons (Fsp3) is 0.846. The SMILES string of the molecule is CCCCCCCCCCCCCOP(OCCC(C)C(CCCCCCCCC)C(CCC)C(CC(C)CCCCCCCCCC)OP(OCCCCCCCCCCCCC)Oc1ccccc1C(C)(C)C)Oc1ccccc1C(C)(C)C. The van der Waals surface area contributed by atoms with Crippen LogP contribution in [0, 0.1) is 23.7 Å². The molecular weight excluding hydrogens is 1090 g/mol. The lowest BCUT2D eigenvalue weighted by Crippen LogP contribution is -2.35. The van der Waals surface area contributed by atoms with Crippen molar-refractivity contribution in [2.45, 2.75) is 383 Å². The highest BCUT2D eigenvalue weighted by molar-refractivity contribution is 7.42. The predicted octanol–water partition coefficient (Wildman–Crippen LogP) is 28.0. The van der Waals surface area contributed by atoms with Gasteiger partial charge in [-0.05, 0) is 96.3 Å². The van der Waals surface area contributed by atoms with Gasteiger partial charge in [0.15, 0.2) is 0 Å². The van der Waals surface area contributed by atoms with Gasteiger partial charge in [-0.25, -0.2) is 0 Å². The van der Waals surface area contributed by atoms with Crippen molar-refractivity contribution in [3.8, 4) is 11.5 Å². The van der Waals surface area contributed by atoms with E-state index in [4.69, 9.17) is 27.1 Å². The van der Waals surface area contributed by atoms with Crippen molar-refractivity contribution in [3.63, 3.8) is 0 Å². The predicted molar refractivity (Wildman–Crippen MR) is 380 cm³/mol. The highest BCUT2D eigenvalue weighted by Crippen LogP contribution is 2.50. The summed E-state index contributed by atoms with van der Waals surface area (Å²) in [7, 11) is -3.26. The monoisotopic (exact) mass is 1240 g/mol. The van der Waals surface area contributed by atoms with E-state index in [0.29, 0.717) is 43.5 Å². The first kappa shape index (κ1) is 80.8. The molecule has 6 nitrogen and oxygen atoms in total. The lowest BCUT2D eigenvalue weighted by atomic mass is 9.72. The van der Waals surface area contributed by atoms with E-state index in [1.54, 1.807) is 0 Å². The van der Waals surface area contributed by atoms with E-state index in [2.05, 4.69) is 139 Å². The van der Waals surface area contributed by atoms with Gasteiger partial charge < -0.3 is 22.6 Å². The molecule has 0 saturated carbocycles. The minimum atomic E-state index is -1.67. The first-order valence-electron chi connectivity index (χ1n) is 37.4. The van der Waals surface area contributed by atoms with E-state index >= 15 is 0 Å². The Morgan fingerprint density at radius 1 is 0.337 bits per heavy atom. The van der Waals surface area contributed by atoms with Gasteiger partial charge in [0.05, 0.1) is 25.9 Å². The van der Waals surface area contributed by atoms with Crippen LogP contribution in [0.1, 0.15) is 377 Å². The van der Waals surface area contributed by atoms with Crippen LogP contribution in [0.5, 0.6) is 11.5 Å². The third-order valence-electron chi connectivity index (χ3n) is 18.3. The molecule has 8 heteroatoms. The molecule has 2 aromatic carbocycles. The van der Waals surface area contributed by atoms with E-state index < -0.39 is 17.2 Å². The second-order valence-electron chi connectivity index (χ2n) is 28.7. The van der Waals surface area contributed by atoms with Crippen molar-refractivity contribution in [2.24, 2.45) is 23.7 Å². The zero-order valence-corrected chi connectivity index (χ0v) is 61.2. The first-order chi connectivity index (χ1) is 41.7. The average Bonchev–Trinajstić information content (AvgIpc) is 3.37. The Bertz CT molecular complexity index is 1790. The molecule has 0 amide bonds. The molecule has 0 saturated heterocycles. The molecule has 0 aliphatic heterocycles. The van der Waals surface area contributed by atoms with Crippen molar-refractivity contribution in [1.29, 1.82) is 0 Å². The van der Waals surface area contributed by atoms with Crippen LogP contribution in [-0.4, -0.2) is 25.9 Å². The Morgan fingerprint density at radius 2 is 0.674 bits per heavy atom.